The van der Waals surface area contributed by atoms with Crippen LogP contribution in [0.2, 0.25) is 0 Å². The van der Waals surface area contributed by atoms with E-state index in [1.54, 1.807) is 7.11 Å². The predicted molar refractivity (Wildman–Crippen MR) is 90.3 cm³/mol. The van der Waals surface area contributed by atoms with Crippen LogP contribution in [0.3, 0.4) is 0 Å². The van der Waals surface area contributed by atoms with E-state index in [4.69, 9.17) is 9.26 Å². The highest BCUT2D eigenvalue weighted by atomic mass is 35.5. The Hall–Kier alpha value is -1.85. The molecule has 2 aromatic rings. The standard InChI is InChI=1S/C16H21N3O2.ClH/c1-11(13-5-7-14(20-4)8-6-13)9-16-18-15(19-21-16)10-12(2)17-3;/h5-9,12,17H,10H2,1-4H3;1H/b11-9-;. The topological polar surface area (TPSA) is 60.2 Å². The van der Waals surface area contributed by atoms with Crippen LogP contribution < -0.4 is 10.1 Å². The van der Waals surface area contributed by atoms with E-state index >= 15 is 0 Å². The lowest BCUT2D eigenvalue weighted by molar-refractivity contribution is 0.400. The number of halogens is 1. The van der Waals surface area contributed by atoms with Gasteiger partial charge in [0.25, 0.3) is 5.89 Å². The van der Waals surface area contributed by atoms with Gasteiger partial charge in [-0.15, -0.1) is 12.4 Å². The number of hydrogen-bond donors (Lipinski definition) is 1. The number of rotatable bonds is 6. The molecule has 1 aromatic heterocycles. The predicted octanol–water partition coefficient (Wildman–Crippen LogP) is 3.21. The van der Waals surface area contributed by atoms with Crippen molar-refractivity contribution in [3.8, 4) is 5.75 Å². The maximum Gasteiger partial charge on any atom is 0.250 e. The minimum atomic E-state index is 0. The van der Waals surface area contributed by atoms with Crippen LogP contribution in [0.5, 0.6) is 5.75 Å². The third-order valence-corrected chi connectivity index (χ3v) is 3.35. The van der Waals surface area contributed by atoms with Gasteiger partial charge in [0.2, 0.25) is 0 Å². The van der Waals surface area contributed by atoms with Gasteiger partial charge in [0.05, 0.1) is 7.11 Å². The quantitative estimate of drug-likeness (QED) is 0.884. The van der Waals surface area contributed by atoms with E-state index in [-0.39, 0.29) is 12.4 Å². The van der Waals surface area contributed by atoms with Crippen LogP contribution in [-0.2, 0) is 6.42 Å². The van der Waals surface area contributed by atoms with Crippen molar-refractivity contribution in [1.82, 2.24) is 15.5 Å². The normalized spacial score (nSPS) is 12.6. The van der Waals surface area contributed by atoms with E-state index in [9.17, 15) is 0 Å². The zero-order valence-electron chi connectivity index (χ0n) is 13.3. The Kier molecular flexibility index (Phi) is 7.08. The van der Waals surface area contributed by atoms with Gasteiger partial charge in [-0.1, -0.05) is 17.3 Å². The molecule has 2 rings (SSSR count). The summed E-state index contributed by atoms with van der Waals surface area (Å²) >= 11 is 0. The average molecular weight is 324 g/mol. The second-order valence-corrected chi connectivity index (χ2v) is 5.00. The van der Waals surface area contributed by atoms with Crippen LogP contribution in [0.25, 0.3) is 11.6 Å². The van der Waals surface area contributed by atoms with E-state index in [1.807, 2.05) is 44.3 Å². The molecular weight excluding hydrogens is 302 g/mol. The smallest absolute Gasteiger partial charge is 0.250 e. The molecule has 0 saturated carbocycles. The van der Waals surface area contributed by atoms with Crippen LogP contribution >= 0.6 is 12.4 Å². The van der Waals surface area contributed by atoms with Crippen LogP contribution in [-0.4, -0.2) is 30.3 Å². The molecule has 1 atom stereocenters. The number of methoxy groups -OCH3 is 1. The van der Waals surface area contributed by atoms with Crippen molar-refractivity contribution in [1.29, 1.82) is 0 Å². The molecule has 22 heavy (non-hydrogen) atoms. The number of nitrogens with zero attached hydrogens (tertiary/aromatic N) is 2. The third-order valence-electron chi connectivity index (χ3n) is 3.35. The van der Waals surface area contributed by atoms with Crippen molar-refractivity contribution in [3.05, 3.63) is 41.5 Å². The molecule has 1 N–H and O–H groups in total. The summed E-state index contributed by atoms with van der Waals surface area (Å²) in [5.41, 5.74) is 2.16. The molecule has 6 heteroatoms. The lowest BCUT2D eigenvalue weighted by Crippen LogP contribution is -2.24. The maximum absolute atomic E-state index is 5.26. The number of allylic oxidation sites excluding steroid dienone is 1. The molecule has 0 aliphatic carbocycles. The van der Waals surface area contributed by atoms with E-state index in [2.05, 4.69) is 22.4 Å². The fourth-order valence-corrected chi connectivity index (χ4v) is 1.91. The van der Waals surface area contributed by atoms with Gasteiger partial charge >= 0.3 is 0 Å². The minimum absolute atomic E-state index is 0. The highest BCUT2D eigenvalue weighted by Crippen LogP contribution is 2.20. The summed E-state index contributed by atoms with van der Waals surface area (Å²) in [6.45, 7) is 4.09. The number of likely N-dealkylation sites (N-methyl/N-ethyl adjacent to an activating group) is 1. The van der Waals surface area contributed by atoms with Crippen LogP contribution in [0.4, 0.5) is 0 Å². The van der Waals surface area contributed by atoms with Gasteiger partial charge in [-0.2, -0.15) is 4.98 Å². The van der Waals surface area contributed by atoms with Crippen molar-refractivity contribution in [2.75, 3.05) is 14.2 Å². The third kappa shape index (κ3) is 4.86. The lowest BCUT2D eigenvalue weighted by atomic mass is 10.1. The molecule has 0 radical (unpaired) electrons. The zero-order valence-corrected chi connectivity index (χ0v) is 14.1. The first-order chi connectivity index (χ1) is 10.1. The van der Waals surface area contributed by atoms with Crippen molar-refractivity contribution in [3.63, 3.8) is 0 Å². The minimum Gasteiger partial charge on any atom is -0.497 e. The number of hydrogen-bond acceptors (Lipinski definition) is 5. The van der Waals surface area contributed by atoms with Gasteiger partial charge in [0.1, 0.15) is 5.75 Å². The first kappa shape index (κ1) is 18.2. The maximum atomic E-state index is 5.26. The van der Waals surface area contributed by atoms with Gasteiger partial charge in [-0.25, -0.2) is 0 Å². The second kappa shape index (κ2) is 8.56. The van der Waals surface area contributed by atoms with Gasteiger partial charge in [-0.05, 0) is 44.2 Å². The fraction of sp³-hybridized carbons (Fsp3) is 0.375. The molecular formula is C16H22ClN3O2. The molecule has 5 nitrogen and oxygen atoms in total. The van der Waals surface area contributed by atoms with Crippen molar-refractivity contribution >= 4 is 24.1 Å². The fourth-order valence-electron chi connectivity index (χ4n) is 1.91. The van der Waals surface area contributed by atoms with Crippen LogP contribution in [0.1, 0.15) is 31.1 Å². The largest absolute Gasteiger partial charge is 0.497 e. The Morgan fingerprint density at radius 1 is 1.36 bits per heavy atom. The Morgan fingerprint density at radius 2 is 2.05 bits per heavy atom. The Labute approximate surface area is 137 Å². The number of aromatic nitrogens is 2. The SMILES string of the molecule is CNC(C)Cc1noc(/C=C(/C)c2ccc(OC)cc2)n1.Cl. The molecule has 1 aromatic carbocycles. The summed E-state index contributed by atoms with van der Waals surface area (Å²) < 4.78 is 10.4. The van der Waals surface area contributed by atoms with Crippen molar-refractivity contribution in [2.45, 2.75) is 26.3 Å². The van der Waals surface area contributed by atoms with Gasteiger partial charge in [0, 0.05) is 18.5 Å². The molecule has 0 aliphatic heterocycles. The number of benzene rings is 1. The summed E-state index contributed by atoms with van der Waals surface area (Å²) in [6, 6.07) is 8.19. The monoisotopic (exact) mass is 323 g/mol. The van der Waals surface area contributed by atoms with Crippen molar-refractivity contribution < 1.29 is 9.26 Å². The molecule has 1 heterocycles. The molecule has 0 fully saturated rings. The van der Waals surface area contributed by atoms with E-state index < -0.39 is 0 Å². The number of ether oxygens (including phenoxy) is 1. The zero-order chi connectivity index (χ0) is 15.2. The molecule has 1 unspecified atom stereocenters. The first-order valence-corrected chi connectivity index (χ1v) is 6.95. The van der Waals surface area contributed by atoms with Gasteiger partial charge in [-0.3, -0.25) is 0 Å². The van der Waals surface area contributed by atoms with E-state index in [0.717, 1.165) is 23.3 Å². The van der Waals surface area contributed by atoms with E-state index in [0.29, 0.717) is 17.8 Å². The molecule has 120 valence electrons. The van der Waals surface area contributed by atoms with Gasteiger partial charge < -0.3 is 14.6 Å². The first-order valence-electron chi connectivity index (χ1n) is 6.95. The Bertz CT molecular complexity index is 608. The highest BCUT2D eigenvalue weighted by molar-refractivity contribution is 5.85. The van der Waals surface area contributed by atoms with E-state index in [1.165, 1.54) is 0 Å². The summed E-state index contributed by atoms with van der Waals surface area (Å²) in [7, 11) is 3.57. The second-order valence-electron chi connectivity index (χ2n) is 5.00. The van der Waals surface area contributed by atoms with Crippen molar-refractivity contribution in [2.24, 2.45) is 0 Å². The molecule has 0 bridgehead atoms. The molecule has 0 spiro atoms. The Balaban J connectivity index is 0.00000242. The Morgan fingerprint density at radius 3 is 2.64 bits per heavy atom. The van der Waals surface area contributed by atoms with Crippen LogP contribution in [0, 0.1) is 0 Å². The summed E-state index contributed by atoms with van der Waals surface area (Å²) in [5, 5.41) is 7.14. The molecule has 0 amide bonds. The van der Waals surface area contributed by atoms with Gasteiger partial charge in [0.15, 0.2) is 5.82 Å². The molecule has 0 aliphatic rings. The summed E-state index contributed by atoms with van der Waals surface area (Å²) in [4.78, 5) is 4.38. The average Bonchev–Trinajstić information content (AvgIpc) is 2.94. The summed E-state index contributed by atoms with van der Waals surface area (Å²) in [5.74, 6) is 2.08. The summed E-state index contributed by atoms with van der Waals surface area (Å²) in [6.07, 6.45) is 2.64. The molecule has 0 saturated heterocycles. The van der Waals surface area contributed by atoms with Crippen LogP contribution in [0.15, 0.2) is 28.8 Å². The number of nitrogens with one attached hydrogen (secondary N) is 1. The lowest BCUT2D eigenvalue weighted by Gasteiger charge is -2.04. The highest BCUT2D eigenvalue weighted by Gasteiger charge is 2.08.